The highest BCUT2D eigenvalue weighted by Gasteiger charge is 2.41. The number of likely N-dealkylation sites (tertiary alicyclic amines) is 1. The number of rotatable bonds is 14. The maximum atomic E-state index is 13.5. The average molecular weight is 539 g/mol. The summed E-state index contributed by atoms with van der Waals surface area (Å²) >= 11 is 0. The second-order valence-electron chi connectivity index (χ2n) is 11.3. The normalized spacial score (nSPS) is 16.5. The standard InChI is InChI=1S/C31H46N4O4/c1-6-39-31(4,5)30(38)35-18-9-13-27(35)29(37)34-26(28(36)33-17-10-16-32-21-22(2)3)20-23-14-15-24-11-7-8-12-25(24)19-23/h7-8,11-12,14-15,19,22,26-27,32H,6,9-10,13,16-18,20-21H2,1-5H3,(H,33,36)(H,34,37)/t26-,27+/m1/s1. The van der Waals surface area contributed by atoms with Crippen LogP contribution in [0.3, 0.4) is 0 Å². The van der Waals surface area contributed by atoms with Crippen LogP contribution in [0.4, 0.5) is 0 Å². The zero-order valence-corrected chi connectivity index (χ0v) is 24.2. The van der Waals surface area contributed by atoms with Gasteiger partial charge in [-0.1, -0.05) is 56.3 Å². The molecule has 0 bridgehead atoms. The first-order valence-corrected chi connectivity index (χ1v) is 14.3. The molecule has 0 saturated carbocycles. The molecule has 1 saturated heterocycles. The van der Waals surface area contributed by atoms with Gasteiger partial charge >= 0.3 is 0 Å². The van der Waals surface area contributed by atoms with E-state index in [2.05, 4.69) is 35.9 Å². The van der Waals surface area contributed by atoms with Crippen molar-refractivity contribution in [1.29, 1.82) is 0 Å². The fourth-order valence-electron chi connectivity index (χ4n) is 5.07. The number of amides is 3. The Morgan fingerprint density at radius 3 is 2.54 bits per heavy atom. The van der Waals surface area contributed by atoms with Gasteiger partial charge in [0.2, 0.25) is 11.8 Å². The number of ether oxygens (including phenoxy) is 1. The van der Waals surface area contributed by atoms with Crippen molar-refractivity contribution in [2.45, 2.75) is 78.0 Å². The van der Waals surface area contributed by atoms with E-state index in [-0.39, 0.29) is 17.7 Å². The van der Waals surface area contributed by atoms with E-state index in [1.54, 1.807) is 18.7 Å². The number of hydrogen-bond donors (Lipinski definition) is 3. The van der Waals surface area contributed by atoms with Crippen LogP contribution in [0.15, 0.2) is 42.5 Å². The molecule has 0 unspecified atom stereocenters. The predicted molar refractivity (Wildman–Crippen MR) is 155 cm³/mol. The number of carbonyl (C=O) groups is 3. The minimum atomic E-state index is -1.01. The van der Waals surface area contributed by atoms with Crippen molar-refractivity contribution in [2.75, 3.05) is 32.8 Å². The second kappa shape index (κ2) is 14.4. The first kappa shape index (κ1) is 30.6. The monoisotopic (exact) mass is 538 g/mol. The summed E-state index contributed by atoms with van der Waals surface area (Å²) in [6, 6.07) is 12.8. The lowest BCUT2D eigenvalue weighted by molar-refractivity contribution is -0.157. The molecule has 3 N–H and O–H groups in total. The van der Waals surface area contributed by atoms with Crippen molar-refractivity contribution in [2.24, 2.45) is 5.92 Å². The molecule has 2 atom stereocenters. The van der Waals surface area contributed by atoms with Crippen molar-refractivity contribution < 1.29 is 19.1 Å². The zero-order valence-electron chi connectivity index (χ0n) is 24.2. The Bertz CT molecular complexity index is 1120. The molecule has 3 rings (SSSR count). The minimum absolute atomic E-state index is 0.202. The van der Waals surface area contributed by atoms with Crippen LogP contribution in [0, 0.1) is 5.92 Å². The minimum Gasteiger partial charge on any atom is -0.366 e. The fraction of sp³-hybridized carbons (Fsp3) is 0.581. The zero-order chi connectivity index (χ0) is 28.4. The molecule has 0 radical (unpaired) electrons. The number of nitrogens with zero attached hydrogens (tertiary/aromatic N) is 1. The third-order valence-corrected chi connectivity index (χ3v) is 7.11. The van der Waals surface area contributed by atoms with Gasteiger partial charge in [-0.15, -0.1) is 0 Å². The molecule has 1 heterocycles. The van der Waals surface area contributed by atoms with E-state index in [1.165, 1.54) is 0 Å². The van der Waals surface area contributed by atoms with Gasteiger partial charge in [-0.25, -0.2) is 0 Å². The van der Waals surface area contributed by atoms with E-state index < -0.39 is 17.7 Å². The lowest BCUT2D eigenvalue weighted by Gasteiger charge is -2.33. The molecule has 2 aromatic carbocycles. The highest BCUT2D eigenvalue weighted by Crippen LogP contribution is 2.24. The van der Waals surface area contributed by atoms with Crippen LogP contribution in [-0.2, 0) is 25.5 Å². The van der Waals surface area contributed by atoms with Crippen molar-refractivity contribution >= 4 is 28.5 Å². The van der Waals surface area contributed by atoms with E-state index in [0.717, 1.165) is 42.3 Å². The Kier molecular flexibility index (Phi) is 11.3. The molecular formula is C31H46N4O4. The number of carbonyl (C=O) groups excluding carboxylic acids is 3. The maximum absolute atomic E-state index is 13.5. The quantitative estimate of drug-likeness (QED) is 0.320. The van der Waals surface area contributed by atoms with E-state index in [0.29, 0.717) is 38.5 Å². The van der Waals surface area contributed by atoms with Crippen LogP contribution in [-0.4, -0.2) is 73.1 Å². The Balaban J connectivity index is 1.71. The first-order valence-electron chi connectivity index (χ1n) is 14.3. The third-order valence-electron chi connectivity index (χ3n) is 7.11. The number of nitrogens with one attached hydrogen (secondary N) is 3. The third kappa shape index (κ3) is 8.77. The molecule has 8 heteroatoms. The SMILES string of the molecule is CCOC(C)(C)C(=O)N1CCC[C@H]1C(=O)N[C@H](Cc1ccc2ccccc2c1)C(=O)NCCCNCC(C)C. The van der Waals surface area contributed by atoms with Crippen LogP contribution >= 0.6 is 0 Å². The Hall–Kier alpha value is -2.97. The Morgan fingerprint density at radius 2 is 1.82 bits per heavy atom. The van der Waals surface area contributed by atoms with Gasteiger partial charge in [-0.2, -0.15) is 0 Å². The number of fused-ring (bicyclic) bond motifs is 1. The van der Waals surface area contributed by atoms with Crippen molar-refractivity contribution in [3.8, 4) is 0 Å². The molecule has 1 fully saturated rings. The van der Waals surface area contributed by atoms with Crippen molar-refractivity contribution in [3.05, 3.63) is 48.0 Å². The summed E-state index contributed by atoms with van der Waals surface area (Å²) in [6.07, 6.45) is 2.45. The van der Waals surface area contributed by atoms with Crippen LogP contribution in [0.1, 0.15) is 59.4 Å². The molecule has 3 amide bonds. The molecule has 39 heavy (non-hydrogen) atoms. The van der Waals surface area contributed by atoms with Crippen LogP contribution in [0.2, 0.25) is 0 Å². The van der Waals surface area contributed by atoms with Gasteiger partial charge in [-0.05, 0) is 75.4 Å². The summed E-state index contributed by atoms with van der Waals surface area (Å²) in [5.41, 5.74) is -0.0482. The average Bonchev–Trinajstić information content (AvgIpc) is 3.39. The molecule has 2 aromatic rings. The van der Waals surface area contributed by atoms with Gasteiger partial charge in [0.05, 0.1) is 0 Å². The molecule has 0 aromatic heterocycles. The van der Waals surface area contributed by atoms with Gasteiger partial charge in [0.15, 0.2) is 0 Å². The van der Waals surface area contributed by atoms with E-state index in [4.69, 9.17) is 4.74 Å². The van der Waals surface area contributed by atoms with E-state index in [9.17, 15) is 14.4 Å². The van der Waals surface area contributed by atoms with E-state index >= 15 is 0 Å². The Morgan fingerprint density at radius 1 is 1.08 bits per heavy atom. The summed E-state index contributed by atoms with van der Waals surface area (Å²) in [7, 11) is 0. The lowest BCUT2D eigenvalue weighted by atomic mass is 10.0. The van der Waals surface area contributed by atoms with Crippen LogP contribution in [0.25, 0.3) is 10.8 Å². The van der Waals surface area contributed by atoms with Crippen molar-refractivity contribution in [1.82, 2.24) is 20.9 Å². The molecular weight excluding hydrogens is 492 g/mol. The summed E-state index contributed by atoms with van der Waals surface area (Å²) in [6.45, 7) is 12.8. The van der Waals surface area contributed by atoms with Gasteiger partial charge < -0.3 is 25.6 Å². The molecule has 1 aliphatic rings. The first-order chi connectivity index (χ1) is 18.6. The van der Waals surface area contributed by atoms with Gasteiger partial charge in [0.25, 0.3) is 5.91 Å². The smallest absolute Gasteiger partial charge is 0.254 e. The predicted octanol–water partition coefficient (Wildman–Crippen LogP) is 3.43. The van der Waals surface area contributed by atoms with E-state index in [1.807, 2.05) is 43.3 Å². The van der Waals surface area contributed by atoms with Gasteiger partial charge in [0, 0.05) is 26.1 Å². The largest absolute Gasteiger partial charge is 0.366 e. The molecule has 0 spiro atoms. The summed E-state index contributed by atoms with van der Waals surface area (Å²) in [5, 5.41) is 11.6. The highest BCUT2D eigenvalue weighted by atomic mass is 16.5. The number of hydrogen-bond acceptors (Lipinski definition) is 5. The summed E-state index contributed by atoms with van der Waals surface area (Å²) in [5.74, 6) is -0.146. The lowest BCUT2D eigenvalue weighted by Crippen LogP contribution is -2.56. The summed E-state index contributed by atoms with van der Waals surface area (Å²) in [4.78, 5) is 41.6. The fourth-order valence-corrected chi connectivity index (χ4v) is 5.07. The topological polar surface area (TPSA) is 99.8 Å². The highest BCUT2D eigenvalue weighted by molar-refractivity contribution is 5.94. The number of benzene rings is 2. The van der Waals surface area contributed by atoms with Crippen LogP contribution in [0.5, 0.6) is 0 Å². The van der Waals surface area contributed by atoms with Crippen LogP contribution < -0.4 is 16.0 Å². The maximum Gasteiger partial charge on any atom is 0.254 e. The second-order valence-corrected chi connectivity index (χ2v) is 11.3. The van der Waals surface area contributed by atoms with Gasteiger partial charge in [0.1, 0.15) is 17.7 Å². The van der Waals surface area contributed by atoms with Crippen molar-refractivity contribution in [3.63, 3.8) is 0 Å². The molecule has 214 valence electrons. The molecule has 1 aliphatic heterocycles. The Labute approximate surface area is 233 Å². The molecule has 0 aliphatic carbocycles. The molecule has 8 nitrogen and oxygen atoms in total. The summed E-state index contributed by atoms with van der Waals surface area (Å²) < 4.78 is 5.66. The van der Waals surface area contributed by atoms with Gasteiger partial charge in [-0.3, -0.25) is 14.4 Å².